The Morgan fingerprint density at radius 1 is 1.24 bits per heavy atom. The zero-order chi connectivity index (χ0) is 17.8. The molecule has 1 aromatic carbocycles. The second-order valence-electron chi connectivity index (χ2n) is 5.66. The molecule has 6 nitrogen and oxygen atoms in total. The summed E-state index contributed by atoms with van der Waals surface area (Å²) in [7, 11) is 1.90. The molecule has 0 aliphatic carbocycles. The Balaban J connectivity index is 1.74. The molecule has 1 aliphatic heterocycles. The van der Waals surface area contributed by atoms with Crippen LogP contribution in [0.25, 0.3) is 0 Å². The van der Waals surface area contributed by atoms with Gasteiger partial charge in [-0.1, -0.05) is 36.0 Å². The molecule has 0 bridgehead atoms. The number of rotatable bonds is 6. The molecule has 0 radical (unpaired) electrons. The van der Waals surface area contributed by atoms with Crippen LogP contribution in [0.2, 0.25) is 0 Å². The first-order valence-electron chi connectivity index (χ1n) is 7.92. The van der Waals surface area contributed by atoms with E-state index >= 15 is 0 Å². The number of carbonyl (C=O) groups is 2. The molecule has 2 amide bonds. The molecule has 2 heterocycles. The summed E-state index contributed by atoms with van der Waals surface area (Å²) in [6.07, 6.45) is 1.46. The fourth-order valence-electron chi connectivity index (χ4n) is 2.47. The van der Waals surface area contributed by atoms with Gasteiger partial charge in [-0.05, 0) is 25.1 Å². The van der Waals surface area contributed by atoms with Gasteiger partial charge in [0.1, 0.15) is 11.6 Å². The molecule has 3 rings (SSSR count). The number of aromatic nitrogens is 1. The Hall–Kier alpha value is -2.54. The first-order chi connectivity index (χ1) is 12.1. The summed E-state index contributed by atoms with van der Waals surface area (Å²) >= 11 is 1.03. The van der Waals surface area contributed by atoms with Crippen molar-refractivity contribution in [2.45, 2.75) is 19.7 Å². The third-order valence-corrected chi connectivity index (χ3v) is 4.85. The minimum absolute atomic E-state index is 0.163. The van der Waals surface area contributed by atoms with Crippen LogP contribution in [0, 0.1) is 0 Å². The third-order valence-electron chi connectivity index (χ3n) is 4.00. The van der Waals surface area contributed by atoms with Crippen LogP contribution in [0.15, 0.2) is 48.7 Å². The Morgan fingerprint density at radius 2 is 2.00 bits per heavy atom. The number of benzene rings is 1. The highest BCUT2D eigenvalue weighted by Gasteiger charge is 2.30. The molecular formula is C18H19N3O3S. The fraction of sp³-hybridized carbons (Fsp3) is 0.278. The van der Waals surface area contributed by atoms with Crippen molar-refractivity contribution in [2.75, 3.05) is 17.7 Å². The van der Waals surface area contributed by atoms with E-state index in [1.807, 2.05) is 61.3 Å². The van der Waals surface area contributed by atoms with Crippen LogP contribution >= 0.6 is 11.8 Å². The van der Waals surface area contributed by atoms with E-state index in [1.165, 1.54) is 4.90 Å². The van der Waals surface area contributed by atoms with Crippen molar-refractivity contribution in [3.8, 4) is 5.75 Å². The van der Waals surface area contributed by atoms with Crippen molar-refractivity contribution in [1.82, 2.24) is 9.88 Å². The predicted molar refractivity (Wildman–Crippen MR) is 97.6 cm³/mol. The number of hydrogen-bond donors (Lipinski definition) is 0. The van der Waals surface area contributed by atoms with E-state index in [-0.39, 0.29) is 29.7 Å². The highest BCUT2D eigenvalue weighted by Crippen LogP contribution is 2.27. The fourth-order valence-corrected chi connectivity index (χ4v) is 3.19. The van der Waals surface area contributed by atoms with Crippen molar-refractivity contribution >= 4 is 28.7 Å². The minimum Gasteiger partial charge on any atom is -0.470 e. The van der Waals surface area contributed by atoms with Gasteiger partial charge >= 0.3 is 0 Å². The van der Waals surface area contributed by atoms with Gasteiger partial charge in [-0.15, -0.1) is 0 Å². The summed E-state index contributed by atoms with van der Waals surface area (Å²) in [6, 6.07) is 13.1. The highest BCUT2D eigenvalue weighted by atomic mass is 32.2. The van der Waals surface area contributed by atoms with Gasteiger partial charge in [0.15, 0.2) is 6.23 Å². The van der Waals surface area contributed by atoms with Crippen LogP contribution in [0.5, 0.6) is 5.75 Å². The van der Waals surface area contributed by atoms with Gasteiger partial charge in [0, 0.05) is 18.8 Å². The number of imide groups is 1. The lowest BCUT2D eigenvalue weighted by Crippen LogP contribution is -2.35. The molecule has 130 valence electrons. The predicted octanol–water partition coefficient (Wildman–Crippen LogP) is 3.14. The molecule has 0 spiro atoms. The van der Waals surface area contributed by atoms with Gasteiger partial charge in [0.05, 0.1) is 12.3 Å². The second-order valence-corrected chi connectivity index (χ2v) is 6.58. The molecule has 1 unspecified atom stereocenters. The van der Waals surface area contributed by atoms with Crippen LogP contribution in [0.4, 0.5) is 10.6 Å². The Labute approximate surface area is 150 Å². The second kappa shape index (κ2) is 7.57. The topological polar surface area (TPSA) is 62.7 Å². The minimum atomic E-state index is -0.268. The Kier molecular flexibility index (Phi) is 5.23. The van der Waals surface area contributed by atoms with Gasteiger partial charge < -0.3 is 9.64 Å². The van der Waals surface area contributed by atoms with E-state index < -0.39 is 0 Å². The van der Waals surface area contributed by atoms with Crippen LogP contribution in [0.1, 0.15) is 12.5 Å². The summed E-state index contributed by atoms with van der Waals surface area (Å²) in [4.78, 5) is 31.2. The largest absolute Gasteiger partial charge is 0.470 e. The maximum absolute atomic E-state index is 11.8. The first kappa shape index (κ1) is 17.3. The number of carbonyl (C=O) groups excluding carboxylic acids is 2. The molecule has 1 atom stereocenters. The van der Waals surface area contributed by atoms with Gasteiger partial charge in [-0.2, -0.15) is 0 Å². The molecule has 2 aromatic rings. The highest BCUT2D eigenvalue weighted by molar-refractivity contribution is 8.14. The van der Waals surface area contributed by atoms with Gasteiger partial charge in [0.2, 0.25) is 5.91 Å². The molecule has 0 N–H and O–H groups in total. The number of hydrogen-bond acceptors (Lipinski definition) is 6. The SMILES string of the molecule is CC(Oc1ccccc1CN1C(=O)CSC1=O)N(C)c1ccccn1. The van der Waals surface area contributed by atoms with E-state index in [0.717, 1.165) is 23.1 Å². The monoisotopic (exact) mass is 357 g/mol. The van der Waals surface area contributed by atoms with E-state index in [2.05, 4.69) is 4.98 Å². The quantitative estimate of drug-likeness (QED) is 0.740. The zero-order valence-electron chi connectivity index (χ0n) is 14.1. The molecule has 1 aliphatic rings. The molecule has 0 saturated carbocycles. The number of para-hydroxylation sites is 1. The average Bonchev–Trinajstić information content (AvgIpc) is 2.95. The van der Waals surface area contributed by atoms with Crippen LogP contribution < -0.4 is 9.64 Å². The maximum atomic E-state index is 11.8. The Morgan fingerprint density at radius 3 is 2.68 bits per heavy atom. The number of ether oxygens (including phenoxy) is 1. The summed E-state index contributed by atoms with van der Waals surface area (Å²) in [5.41, 5.74) is 0.799. The Bertz CT molecular complexity index is 753. The van der Waals surface area contributed by atoms with E-state index in [9.17, 15) is 9.59 Å². The van der Waals surface area contributed by atoms with Crippen LogP contribution in [-0.4, -0.2) is 40.1 Å². The third kappa shape index (κ3) is 3.93. The number of anilines is 1. The lowest BCUT2D eigenvalue weighted by atomic mass is 10.2. The smallest absolute Gasteiger partial charge is 0.289 e. The van der Waals surface area contributed by atoms with Gasteiger partial charge in [0.25, 0.3) is 5.24 Å². The van der Waals surface area contributed by atoms with Gasteiger partial charge in [-0.3, -0.25) is 14.5 Å². The summed E-state index contributed by atoms with van der Waals surface area (Å²) < 4.78 is 6.07. The van der Waals surface area contributed by atoms with E-state index in [4.69, 9.17) is 4.74 Å². The van der Waals surface area contributed by atoms with Crippen molar-refractivity contribution < 1.29 is 14.3 Å². The summed E-state index contributed by atoms with van der Waals surface area (Å²) in [5.74, 6) is 1.49. The molecule has 7 heteroatoms. The summed E-state index contributed by atoms with van der Waals surface area (Å²) in [6.45, 7) is 2.15. The number of pyridine rings is 1. The van der Waals surface area contributed by atoms with Gasteiger partial charge in [-0.25, -0.2) is 4.98 Å². The van der Waals surface area contributed by atoms with Crippen molar-refractivity contribution in [2.24, 2.45) is 0 Å². The number of thioether (sulfide) groups is 1. The van der Waals surface area contributed by atoms with Crippen molar-refractivity contribution in [1.29, 1.82) is 0 Å². The number of amides is 2. The molecule has 1 aromatic heterocycles. The molecule has 1 fully saturated rings. The standard InChI is InChI=1S/C18H19N3O3S/c1-13(20(2)16-9-5-6-10-19-16)24-15-8-4-3-7-14(15)11-21-17(22)12-25-18(21)23/h3-10,13H,11-12H2,1-2H3. The first-order valence-corrected chi connectivity index (χ1v) is 8.90. The normalized spacial score (nSPS) is 15.4. The van der Waals surface area contributed by atoms with E-state index in [1.54, 1.807) is 6.20 Å². The van der Waals surface area contributed by atoms with Crippen LogP contribution in [-0.2, 0) is 11.3 Å². The summed E-state index contributed by atoms with van der Waals surface area (Å²) in [5, 5.41) is -0.210. The average molecular weight is 357 g/mol. The molecule has 25 heavy (non-hydrogen) atoms. The molecule has 1 saturated heterocycles. The van der Waals surface area contributed by atoms with Crippen molar-refractivity contribution in [3.05, 3.63) is 54.2 Å². The van der Waals surface area contributed by atoms with E-state index in [0.29, 0.717) is 5.75 Å². The number of nitrogens with zero attached hydrogens (tertiary/aromatic N) is 3. The lowest BCUT2D eigenvalue weighted by Gasteiger charge is -2.27. The lowest BCUT2D eigenvalue weighted by molar-refractivity contribution is -0.125. The maximum Gasteiger partial charge on any atom is 0.289 e. The zero-order valence-corrected chi connectivity index (χ0v) is 14.9. The van der Waals surface area contributed by atoms with Crippen LogP contribution in [0.3, 0.4) is 0 Å². The van der Waals surface area contributed by atoms with Crippen molar-refractivity contribution in [3.63, 3.8) is 0 Å². The molecular weight excluding hydrogens is 338 g/mol.